The predicted octanol–water partition coefficient (Wildman–Crippen LogP) is 2.75. The Bertz CT molecular complexity index is 434. The van der Waals surface area contributed by atoms with E-state index in [9.17, 15) is 4.79 Å². The Hall–Kier alpha value is -2.06. The number of para-hydroxylation sites is 1. The molecule has 0 amide bonds. The van der Waals surface area contributed by atoms with Crippen molar-refractivity contribution in [2.75, 3.05) is 6.79 Å². The van der Waals surface area contributed by atoms with Crippen LogP contribution in [-0.4, -0.2) is 12.9 Å². The number of nitrogens with zero attached hydrogens (tertiary/aromatic N) is 1. The van der Waals surface area contributed by atoms with E-state index in [-0.39, 0.29) is 6.79 Å². The Morgan fingerprint density at radius 1 is 1.47 bits per heavy atom. The van der Waals surface area contributed by atoms with E-state index in [1.807, 2.05) is 32.0 Å². The standard InChI is InChI=1S/C13H15NO3/c1-4-16-10-17-12-8-6-5-7-11(12)13(2,3)14-9-15/h4-8H,1,10H2,2-3H3. The molecule has 0 bridgehead atoms. The molecule has 1 aromatic carbocycles. The van der Waals surface area contributed by atoms with Crippen LogP contribution >= 0.6 is 0 Å². The van der Waals surface area contributed by atoms with Gasteiger partial charge in [-0.2, -0.15) is 4.99 Å². The average Bonchev–Trinajstić information content (AvgIpc) is 2.30. The molecule has 4 heteroatoms. The molecule has 0 aliphatic heterocycles. The SMILES string of the molecule is C=COCOc1ccccc1C(C)(C)N=C=O. The van der Waals surface area contributed by atoms with Crippen molar-refractivity contribution in [2.45, 2.75) is 19.4 Å². The van der Waals surface area contributed by atoms with Crippen LogP contribution in [0.4, 0.5) is 0 Å². The first-order valence-corrected chi connectivity index (χ1v) is 5.15. The molecule has 1 rings (SSSR count). The van der Waals surface area contributed by atoms with Gasteiger partial charge in [0.15, 0.2) is 0 Å². The minimum atomic E-state index is -0.674. The van der Waals surface area contributed by atoms with Crippen LogP contribution in [-0.2, 0) is 15.1 Å². The normalized spacial score (nSPS) is 10.2. The van der Waals surface area contributed by atoms with Crippen molar-refractivity contribution < 1.29 is 14.3 Å². The summed E-state index contributed by atoms with van der Waals surface area (Å²) in [6, 6.07) is 7.35. The van der Waals surface area contributed by atoms with Gasteiger partial charge in [0, 0.05) is 5.56 Å². The van der Waals surface area contributed by atoms with Gasteiger partial charge < -0.3 is 9.47 Å². The first kappa shape index (κ1) is 13.0. The van der Waals surface area contributed by atoms with Crippen LogP contribution in [0.2, 0.25) is 0 Å². The molecule has 0 fully saturated rings. The van der Waals surface area contributed by atoms with E-state index in [0.717, 1.165) is 5.56 Å². The van der Waals surface area contributed by atoms with Crippen LogP contribution < -0.4 is 4.74 Å². The number of isocyanates is 1. The number of rotatable bonds is 6. The highest BCUT2D eigenvalue weighted by Crippen LogP contribution is 2.32. The Balaban J connectivity index is 2.98. The molecule has 90 valence electrons. The van der Waals surface area contributed by atoms with Crippen LogP contribution in [0.5, 0.6) is 5.75 Å². The second kappa shape index (κ2) is 5.87. The summed E-state index contributed by atoms with van der Waals surface area (Å²) in [6.45, 7) is 7.12. The third-order valence-electron chi connectivity index (χ3n) is 2.27. The monoisotopic (exact) mass is 233 g/mol. The first-order chi connectivity index (χ1) is 8.11. The molecule has 4 nitrogen and oxygen atoms in total. The zero-order valence-electron chi connectivity index (χ0n) is 9.97. The zero-order valence-corrected chi connectivity index (χ0v) is 9.97. The Morgan fingerprint density at radius 3 is 2.82 bits per heavy atom. The van der Waals surface area contributed by atoms with Crippen molar-refractivity contribution in [3.63, 3.8) is 0 Å². The van der Waals surface area contributed by atoms with Gasteiger partial charge in [0.05, 0.1) is 11.8 Å². The van der Waals surface area contributed by atoms with Gasteiger partial charge in [0.1, 0.15) is 5.75 Å². The lowest BCUT2D eigenvalue weighted by Crippen LogP contribution is -2.15. The summed E-state index contributed by atoms with van der Waals surface area (Å²) >= 11 is 0. The molecule has 0 atom stereocenters. The zero-order chi connectivity index (χ0) is 12.7. The summed E-state index contributed by atoms with van der Waals surface area (Å²) in [4.78, 5) is 14.2. The number of ether oxygens (including phenoxy) is 2. The number of aliphatic imine (C=N–C) groups is 1. The van der Waals surface area contributed by atoms with Gasteiger partial charge in [-0.15, -0.1) is 0 Å². The van der Waals surface area contributed by atoms with Crippen LogP contribution in [0.1, 0.15) is 19.4 Å². The van der Waals surface area contributed by atoms with E-state index in [1.54, 1.807) is 12.1 Å². The molecular weight excluding hydrogens is 218 g/mol. The van der Waals surface area contributed by atoms with Crippen LogP contribution in [0.25, 0.3) is 0 Å². The van der Waals surface area contributed by atoms with Gasteiger partial charge in [0.2, 0.25) is 12.9 Å². The molecule has 0 spiro atoms. The first-order valence-electron chi connectivity index (χ1n) is 5.15. The lowest BCUT2D eigenvalue weighted by atomic mass is 9.94. The quantitative estimate of drug-likeness (QED) is 0.249. The summed E-state index contributed by atoms with van der Waals surface area (Å²) in [7, 11) is 0. The fraction of sp³-hybridized carbons (Fsp3) is 0.308. The Kier molecular flexibility index (Phi) is 4.49. The van der Waals surface area contributed by atoms with Crippen LogP contribution in [0.3, 0.4) is 0 Å². The third-order valence-corrected chi connectivity index (χ3v) is 2.27. The smallest absolute Gasteiger partial charge is 0.235 e. The number of benzene rings is 1. The highest BCUT2D eigenvalue weighted by atomic mass is 16.7. The predicted molar refractivity (Wildman–Crippen MR) is 64.4 cm³/mol. The summed E-state index contributed by atoms with van der Waals surface area (Å²) in [5, 5.41) is 0. The summed E-state index contributed by atoms with van der Waals surface area (Å²) in [5.74, 6) is 0.623. The van der Waals surface area contributed by atoms with Crippen LogP contribution in [0.15, 0.2) is 42.1 Å². The van der Waals surface area contributed by atoms with Gasteiger partial charge in [-0.25, -0.2) is 4.79 Å². The van der Waals surface area contributed by atoms with Crippen molar-refractivity contribution in [1.82, 2.24) is 0 Å². The van der Waals surface area contributed by atoms with E-state index >= 15 is 0 Å². The van der Waals surface area contributed by atoms with E-state index in [2.05, 4.69) is 11.6 Å². The molecular formula is C13H15NO3. The largest absolute Gasteiger partial charge is 0.466 e. The van der Waals surface area contributed by atoms with E-state index in [4.69, 9.17) is 9.47 Å². The molecule has 17 heavy (non-hydrogen) atoms. The highest BCUT2D eigenvalue weighted by molar-refractivity contribution is 5.42. The van der Waals surface area contributed by atoms with E-state index in [0.29, 0.717) is 5.75 Å². The van der Waals surface area contributed by atoms with E-state index < -0.39 is 5.54 Å². The average molecular weight is 233 g/mol. The Morgan fingerprint density at radius 2 is 2.18 bits per heavy atom. The second-order valence-electron chi connectivity index (χ2n) is 3.85. The van der Waals surface area contributed by atoms with Crippen molar-refractivity contribution in [3.8, 4) is 5.75 Å². The van der Waals surface area contributed by atoms with E-state index in [1.165, 1.54) is 6.26 Å². The molecule has 0 heterocycles. The van der Waals surface area contributed by atoms with Crippen molar-refractivity contribution in [3.05, 3.63) is 42.7 Å². The topological polar surface area (TPSA) is 47.9 Å². The van der Waals surface area contributed by atoms with Crippen molar-refractivity contribution >= 4 is 6.08 Å². The molecule has 0 aromatic heterocycles. The van der Waals surface area contributed by atoms with Gasteiger partial charge in [-0.3, -0.25) is 0 Å². The maximum absolute atomic E-state index is 10.4. The van der Waals surface area contributed by atoms with Crippen LogP contribution in [0, 0.1) is 0 Å². The summed E-state index contributed by atoms with van der Waals surface area (Å²) in [6.07, 6.45) is 2.88. The van der Waals surface area contributed by atoms with Gasteiger partial charge >= 0.3 is 0 Å². The molecule has 0 saturated heterocycles. The lowest BCUT2D eigenvalue weighted by Gasteiger charge is -2.21. The maximum atomic E-state index is 10.4. The van der Waals surface area contributed by atoms with Gasteiger partial charge in [-0.05, 0) is 19.9 Å². The van der Waals surface area contributed by atoms with Gasteiger partial charge in [0.25, 0.3) is 0 Å². The number of hydrogen-bond acceptors (Lipinski definition) is 4. The fourth-order valence-electron chi connectivity index (χ4n) is 1.42. The third kappa shape index (κ3) is 3.47. The molecule has 0 unspecified atom stereocenters. The minimum absolute atomic E-state index is 0.0708. The Labute approximate surface area is 101 Å². The highest BCUT2D eigenvalue weighted by Gasteiger charge is 2.23. The second-order valence-corrected chi connectivity index (χ2v) is 3.85. The summed E-state index contributed by atoms with van der Waals surface area (Å²) < 4.78 is 10.3. The lowest BCUT2D eigenvalue weighted by molar-refractivity contribution is 0.0790. The molecule has 0 saturated carbocycles. The van der Waals surface area contributed by atoms with Crippen molar-refractivity contribution in [1.29, 1.82) is 0 Å². The molecule has 0 radical (unpaired) electrons. The minimum Gasteiger partial charge on any atom is -0.466 e. The molecule has 0 N–H and O–H groups in total. The molecule has 0 aliphatic carbocycles. The number of carbonyl (C=O) groups excluding carboxylic acids is 1. The molecule has 0 aliphatic rings. The fourth-order valence-corrected chi connectivity index (χ4v) is 1.42. The van der Waals surface area contributed by atoms with Gasteiger partial charge in [-0.1, -0.05) is 24.8 Å². The summed E-state index contributed by atoms with van der Waals surface area (Å²) in [5.41, 5.74) is 0.128. The van der Waals surface area contributed by atoms with Crippen molar-refractivity contribution in [2.24, 2.45) is 4.99 Å². The molecule has 1 aromatic rings. The maximum Gasteiger partial charge on any atom is 0.235 e. The number of hydrogen-bond donors (Lipinski definition) is 0.